The van der Waals surface area contributed by atoms with Crippen LogP contribution in [0.15, 0.2) is 95.9 Å². The number of carbonyl (C=O) groups excluding carboxylic acids is 4. The van der Waals surface area contributed by atoms with Crippen LogP contribution in [0.4, 0.5) is 5.69 Å². The van der Waals surface area contributed by atoms with Crippen LogP contribution in [0.25, 0.3) is 0 Å². The summed E-state index contributed by atoms with van der Waals surface area (Å²) in [5, 5.41) is 20.2. The number of allylic oxidation sites excluding steroid dienone is 2. The Morgan fingerprint density at radius 3 is 1.73 bits per heavy atom. The Balaban J connectivity index is 1.51. The van der Waals surface area contributed by atoms with Crippen molar-refractivity contribution in [1.82, 2.24) is 25.9 Å². The van der Waals surface area contributed by atoms with Crippen molar-refractivity contribution in [3.8, 4) is 0 Å². The molecule has 3 heterocycles. The van der Waals surface area contributed by atoms with E-state index < -0.39 is 34.6 Å². The Morgan fingerprint density at radius 2 is 1.29 bits per heavy atom. The molecule has 1 aliphatic rings. The van der Waals surface area contributed by atoms with Crippen molar-refractivity contribution in [2.24, 2.45) is 0 Å². The Bertz CT molecular complexity index is 1560. The summed E-state index contributed by atoms with van der Waals surface area (Å²) in [5.41, 5.74) is 0.993. The molecular formula is C31H30N6O8. The monoisotopic (exact) mass is 614 g/mol. The maximum atomic E-state index is 13.5. The second kappa shape index (κ2) is 15.0. The van der Waals surface area contributed by atoms with E-state index in [1.807, 2.05) is 0 Å². The predicted octanol–water partition coefficient (Wildman–Crippen LogP) is 2.57. The minimum Gasteiger partial charge on any atom is -0.460 e. The largest absolute Gasteiger partial charge is 0.460 e. The maximum absolute atomic E-state index is 13.5. The number of nitro groups is 1. The average Bonchev–Trinajstić information content (AvgIpc) is 3.05. The van der Waals surface area contributed by atoms with E-state index in [0.29, 0.717) is 22.5 Å². The van der Waals surface area contributed by atoms with Crippen LogP contribution in [-0.4, -0.2) is 64.9 Å². The van der Waals surface area contributed by atoms with E-state index in [-0.39, 0.29) is 48.7 Å². The molecule has 0 unspecified atom stereocenters. The first-order valence-corrected chi connectivity index (χ1v) is 13.8. The van der Waals surface area contributed by atoms with E-state index >= 15 is 0 Å². The van der Waals surface area contributed by atoms with Gasteiger partial charge in [0.25, 0.3) is 17.5 Å². The molecule has 0 saturated heterocycles. The summed E-state index contributed by atoms with van der Waals surface area (Å²) < 4.78 is 10.9. The van der Waals surface area contributed by atoms with Crippen LogP contribution in [-0.2, 0) is 19.1 Å². The summed E-state index contributed by atoms with van der Waals surface area (Å²) in [5.74, 6) is -3.73. The molecule has 14 heteroatoms. The molecule has 2 aromatic heterocycles. The molecule has 0 saturated carbocycles. The van der Waals surface area contributed by atoms with E-state index in [2.05, 4.69) is 25.9 Å². The second-order valence-electron chi connectivity index (χ2n) is 9.72. The fraction of sp³-hybridized carbons (Fsp3) is 0.226. The number of hydrogen-bond donors (Lipinski definition) is 3. The number of esters is 2. The summed E-state index contributed by atoms with van der Waals surface area (Å²) >= 11 is 0. The van der Waals surface area contributed by atoms with Gasteiger partial charge in [-0.05, 0) is 38.1 Å². The molecule has 2 amide bonds. The van der Waals surface area contributed by atoms with Crippen LogP contribution < -0.4 is 16.0 Å². The first-order valence-electron chi connectivity index (χ1n) is 13.8. The molecule has 45 heavy (non-hydrogen) atoms. The quantitative estimate of drug-likeness (QED) is 0.118. The van der Waals surface area contributed by atoms with Crippen LogP contribution >= 0.6 is 0 Å². The summed E-state index contributed by atoms with van der Waals surface area (Å²) in [4.78, 5) is 70.8. The van der Waals surface area contributed by atoms with Crippen LogP contribution in [0.2, 0.25) is 0 Å². The van der Waals surface area contributed by atoms with Crippen molar-refractivity contribution in [3.05, 3.63) is 123 Å². The van der Waals surface area contributed by atoms with E-state index in [1.54, 1.807) is 44.2 Å². The van der Waals surface area contributed by atoms with Crippen LogP contribution in [0, 0.1) is 10.1 Å². The van der Waals surface area contributed by atoms with Gasteiger partial charge in [0.1, 0.15) is 13.2 Å². The zero-order valence-corrected chi connectivity index (χ0v) is 24.4. The number of dihydropyridines is 1. The number of para-hydroxylation sites is 1. The van der Waals surface area contributed by atoms with Crippen molar-refractivity contribution in [2.45, 2.75) is 19.8 Å². The van der Waals surface area contributed by atoms with E-state index in [4.69, 9.17) is 9.47 Å². The molecule has 1 aliphatic heterocycles. The molecule has 1 aromatic carbocycles. The number of amides is 2. The van der Waals surface area contributed by atoms with Crippen LogP contribution in [0.1, 0.15) is 46.0 Å². The van der Waals surface area contributed by atoms with Gasteiger partial charge in [0.05, 0.1) is 46.2 Å². The lowest BCUT2D eigenvalue weighted by Crippen LogP contribution is -2.35. The molecule has 0 atom stereocenters. The number of rotatable bonds is 12. The first kappa shape index (κ1) is 32.0. The molecule has 0 radical (unpaired) electrons. The van der Waals surface area contributed by atoms with Gasteiger partial charge in [-0.2, -0.15) is 0 Å². The molecule has 3 N–H and O–H groups in total. The third kappa shape index (κ3) is 7.93. The Hall–Kier alpha value is -5.92. The van der Waals surface area contributed by atoms with E-state index in [1.165, 1.54) is 43.0 Å². The van der Waals surface area contributed by atoms with Gasteiger partial charge in [-0.3, -0.25) is 29.7 Å². The van der Waals surface area contributed by atoms with Gasteiger partial charge in [-0.25, -0.2) is 9.59 Å². The molecule has 0 aliphatic carbocycles. The van der Waals surface area contributed by atoms with Gasteiger partial charge < -0.3 is 25.4 Å². The van der Waals surface area contributed by atoms with Crippen molar-refractivity contribution in [2.75, 3.05) is 26.3 Å². The van der Waals surface area contributed by atoms with Gasteiger partial charge in [0.15, 0.2) is 0 Å². The highest BCUT2D eigenvalue weighted by atomic mass is 16.6. The zero-order valence-electron chi connectivity index (χ0n) is 24.4. The molecule has 0 bridgehead atoms. The topological polar surface area (TPSA) is 192 Å². The van der Waals surface area contributed by atoms with Gasteiger partial charge in [-0.15, -0.1) is 0 Å². The third-order valence-corrected chi connectivity index (χ3v) is 6.73. The lowest BCUT2D eigenvalue weighted by atomic mass is 9.79. The maximum Gasteiger partial charge on any atom is 0.336 e. The lowest BCUT2D eigenvalue weighted by Gasteiger charge is -2.30. The summed E-state index contributed by atoms with van der Waals surface area (Å²) in [6, 6.07) is 12.1. The zero-order chi connectivity index (χ0) is 32.3. The number of benzene rings is 1. The normalized spacial score (nSPS) is 13.0. The van der Waals surface area contributed by atoms with Crippen molar-refractivity contribution in [3.63, 3.8) is 0 Å². The number of aromatic nitrogens is 2. The molecule has 232 valence electrons. The fourth-order valence-corrected chi connectivity index (χ4v) is 4.71. The predicted molar refractivity (Wildman–Crippen MR) is 159 cm³/mol. The number of nitrogens with one attached hydrogen (secondary N) is 3. The van der Waals surface area contributed by atoms with Crippen LogP contribution in [0.3, 0.4) is 0 Å². The smallest absolute Gasteiger partial charge is 0.336 e. The molecule has 14 nitrogen and oxygen atoms in total. The first-order chi connectivity index (χ1) is 21.7. The van der Waals surface area contributed by atoms with E-state index in [9.17, 15) is 29.3 Å². The Labute approximate surface area is 257 Å². The number of hydrogen-bond acceptors (Lipinski definition) is 11. The van der Waals surface area contributed by atoms with E-state index in [0.717, 1.165) is 0 Å². The van der Waals surface area contributed by atoms with Gasteiger partial charge >= 0.3 is 11.9 Å². The number of pyridine rings is 2. The van der Waals surface area contributed by atoms with Gasteiger partial charge in [0, 0.05) is 47.8 Å². The average molecular weight is 615 g/mol. The van der Waals surface area contributed by atoms with Gasteiger partial charge in [-0.1, -0.05) is 18.2 Å². The number of nitro benzene ring substituents is 1. The highest BCUT2D eigenvalue weighted by Crippen LogP contribution is 2.42. The SMILES string of the molecule is CC1=C(C(=O)OCCNC(=O)c2cccnc2)C(c2ccccc2[N+](=O)[O-])C(C(=O)OCCNC(=O)c2cccnc2)=C(C)N1. The Morgan fingerprint density at radius 1 is 0.800 bits per heavy atom. The highest BCUT2D eigenvalue weighted by Gasteiger charge is 2.41. The standard InChI is InChI=1S/C31H30N6O8/c1-19-25(30(40)44-15-13-34-28(38)21-7-5-11-32-17-21)27(23-9-3-4-10-24(23)37(42)43)26(20(2)36-19)31(41)45-16-14-35-29(39)22-8-6-12-33-18-22/h3-12,17-18,27,36H,13-16H2,1-2H3,(H,34,38)(H,35,39). The minimum absolute atomic E-state index is 0.0239. The molecule has 3 aromatic rings. The number of carbonyl (C=O) groups is 4. The fourth-order valence-electron chi connectivity index (χ4n) is 4.71. The lowest BCUT2D eigenvalue weighted by molar-refractivity contribution is -0.385. The minimum atomic E-state index is -1.22. The van der Waals surface area contributed by atoms with Crippen molar-refractivity contribution in [1.29, 1.82) is 0 Å². The molecule has 4 rings (SSSR count). The summed E-state index contributed by atoms with van der Waals surface area (Å²) in [6.07, 6.45) is 5.85. The number of nitrogens with zero attached hydrogens (tertiary/aromatic N) is 3. The molecule has 0 spiro atoms. The van der Waals surface area contributed by atoms with Gasteiger partial charge in [0.2, 0.25) is 0 Å². The van der Waals surface area contributed by atoms with Crippen molar-refractivity contribution < 1.29 is 33.6 Å². The third-order valence-electron chi connectivity index (χ3n) is 6.73. The molecular weight excluding hydrogens is 584 g/mol. The van der Waals surface area contributed by atoms with Crippen LogP contribution in [0.5, 0.6) is 0 Å². The molecule has 0 fully saturated rings. The highest BCUT2D eigenvalue weighted by molar-refractivity contribution is 6.00. The summed E-state index contributed by atoms with van der Waals surface area (Å²) in [6.45, 7) is 2.69. The summed E-state index contributed by atoms with van der Waals surface area (Å²) in [7, 11) is 0. The van der Waals surface area contributed by atoms with Crippen molar-refractivity contribution >= 4 is 29.4 Å². The Kier molecular flexibility index (Phi) is 10.7. The number of ether oxygens (including phenoxy) is 2. The second-order valence-corrected chi connectivity index (χ2v) is 9.72.